The number of thiophene rings is 1. The zero-order valence-corrected chi connectivity index (χ0v) is 15.4. The summed E-state index contributed by atoms with van der Waals surface area (Å²) in [4.78, 5) is 40.7. The van der Waals surface area contributed by atoms with Crippen molar-refractivity contribution < 1.29 is 23.9 Å². The molecule has 3 rings (SSSR count). The molecule has 1 unspecified atom stereocenters. The van der Waals surface area contributed by atoms with Crippen LogP contribution in [0.4, 0.5) is 4.79 Å². The molecule has 0 aromatic carbocycles. The number of nitrogens with zero attached hydrogens (tertiary/aromatic N) is 2. The number of amides is 2. The van der Waals surface area contributed by atoms with Crippen molar-refractivity contribution in [2.24, 2.45) is 0 Å². The molecule has 2 aliphatic rings. The van der Waals surface area contributed by atoms with Gasteiger partial charge in [-0.25, -0.2) is 9.59 Å². The monoisotopic (exact) mass is 378 g/mol. The minimum Gasteiger partial charge on any atom is -0.464 e. The zero-order chi connectivity index (χ0) is 18.5. The molecular formula is C18H22N2O5S. The van der Waals surface area contributed by atoms with Crippen molar-refractivity contribution in [1.82, 2.24) is 9.80 Å². The lowest BCUT2D eigenvalue weighted by Crippen LogP contribution is -2.51. The van der Waals surface area contributed by atoms with Gasteiger partial charge in [0.05, 0.1) is 6.61 Å². The minimum atomic E-state index is -0.687. The Morgan fingerprint density at radius 1 is 1.38 bits per heavy atom. The highest BCUT2D eigenvalue weighted by Gasteiger charge is 2.44. The SMILES string of the molecule is CCOC(=O)C1COC(=O)N1C1CCN(C(=O)C=Cc2cccs2)CC1. The van der Waals surface area contributed by atoms with Crippen LogP contribution in [0.3, 0.4) is 0 Å². The van der Waals surface area contributed by atoms with E-state index in [4.69, 9.17) is 9.47 Å². The van der Waals surface area contributed by atoms with Crippen LogP contribution in [-0.2, 0) is 19.1 Å². The van der Waals surface area contributed by atoms with Crippen LogP contribution < -0.4 is 0 Å². The molecule has 26 heavy (non-hydrogen) atoms. The number of hydrogen-bond donors (Lipinski definition) is 0. The highest BCUT2D eigenvalue weighted by atomic mass is 32.1. The van der Waals surface area contributed by atoms with Crippen molar-refractivity contribution in [2.75, 3.05) is 26.3 Å². The van der Waals surface area contributed by atoms with Crippen LogP contribution in [0.1, 0.15) is 24.6 Å². The van der Waals surface area contributed by atoms with Crippen molar-refractivity contribution in [3.63, 3.8) is 0 Å². The molecule has 0 radical (unpaired) electrons. The molecule has 0 aliphatic carbocycles. The Kier molecular flexibility index (Phi) is 5.92. The van der Waals surface area contributed by atoms with Gasteiger partial charge in [-0.05, 0) is 37.3 Å². The minimum absolute atomic E-state index is 0.0281. The van der Waals surface area contributed by atoms with E-state index in [2.05, 4.69) is 0 Å². The summed E-state index contributed by atoms with van der Waals surface area (Å²) >= 11 is 1.58. The summed E-state index contributed by atoms with van der Waals surface area (Å²) in [6.45, 7) is 3.10. The largest absolute Gasteiger partial charge is 0.464 e. The predicted octanol–water partition coefficient (Wildman–Crippen LogP) is 2.14. The fraction of sp³-hybridized carbons (Fsp3) is 0.500. The summed E-state index contributed by atoms with van der Waals surface area (Å²) in [5, 5.41) is 1.96. The zero-order valence-electron chi connectivity index (χ0n) is 14.6. The second kappa shape index (κ2) is 8.35. The molecule has 7 nitrogen and oxygen atoms in total. The lowest BCUT2D eigenvalue weighted by Gasteiger charge is -2.36. The number of cyclic esters (lactones) is 1. The van der Waals surface area contributed by atoms with E-state index in [9.17, 15) is 14.4 Å². The Balaban J connectivity index is 1.56. The topological polar surface area (TPSA) is 76.2 Å². The van der Waals surface area contributed by atoms with Gasteiger partial charge in [-0.15, -0.1) is 11.3 Å². The molecule has 2 amide bonds. The smallest absolute Gasteiger partial charge is 0.410 e. The van der Waals surface area contributed by atoms with Gasteiger partial charge < -0.3 is 14.4 Å². The fourth-order valence-electron chi connectivity index (χ4n) is 3.27. The number of likely N-dealkylation sites (tertiary alicyclic amines) is 1. The van der Waals surface area contributed by atoms with Gasteiger partial charge in [0.25, 0.3) is 0 Å². The molecule has 140 valence electrons. The van der Waals surface area contributed by atoms with E-state index in [-0.39, 0.29) is 25.2 Å². The van der Waals surface area contributed by atoms with Crippen LogP contribution in [0.2, 0.25) is 0 Å². The molecule has 8 heteroatoms. The summed E-state index contributed by atoms with van der Waals surface area (Å²) in [7, 11) is 0. The lowest BCUT2D eigenvalue weighted by molar-refractivity contribution is -0.148. The Morgan fingerprint density at radius 3 is 2.81 bits per heavy atom. The van der Waals surface area contributed by atoms with Crippen molar-refractivity contribution in [3.8, 4) is 0 Å². The van der Waals surface area contributed by atoms with Gasteiger partial charge in [0.2, 0.25) is 5.91 Å². The van der Waals surface area contributed by atoms with Crippen LogP contribution in [0, 0.1) is 0 Å². The molecule has 1 atom stereocenters. The third-order valence-electron chi connectivity index (χ3n) is 4.57. The quantitative estimate of drug-likeness (QED) is 0.580. The van der Waals surface area contributed by atoms with Gasteiger partial charge in [0.15, 0.2) is 6.04 Å². The van der Waals surface area contributed by atoms with Gasteiger partial charge in [0, 0.05) is 30.1 Å². The molecular weight excluding hydrogens is 356 g/mol. The van der Waals surface area contributed by atoms with Crippen LogP contribution in [0.25, 0.3) is 6.08 Å². The second-order valence-corrected chi connectivity index (χ2v) is 7.14. The van der Waals surface area contributed by atoms with Crippen molar-refractivity contribution in [1.29, 1.82) is 0 Å². The van der Waals surface area contributed by atoms with E-state index in [0.717, 1.165) is 4.88 Å². The van der Waals surface area contributed by atoms with Gasteiger partial charge in [-0.3, -0.25) is 9.69 Å². The number of esters is 1. The van der Waals surface area contributed by atoms with E-state index in [1.807, 2.05) is 23.6 Å². The molecule has 1 aromatic rings. The van der Waals surface area contributed by atoms with Crippen molar-refractivity contribution in [3.05, 3.63) is 28.5 Å². The normalized spacial score (nSPS) is 21.3. The molecule has 1 aromatic heterocycles. The second-order valence-electron chi connectivity index (χ2n) is 6.16. The fourth-order valence-corrected chi connectivity index (χ4v) is 3.88. The Labute approximate surface area is 156 Å². The molecule has 0 spiro atoms. The Bertz CT molecular complexity index is 680. The first-order valence-electron chi connectivity index (χ1n) is 8.72. The number of piperidine rings is 1. The third kappa shape index (κ3) is 4.07. The highest BCUT2D eigenvalue weighted by Crippen LogP contribution is 2.25. The third-order valence-corrected chi connectivity index (χ3v) is 5.41. The number of ether oxygens (including phenoxy) is 2. The van der Waals surface area contributed by atoms with Gasteiger partial charge in [0.1, 0.15) is 6.61 Å². The van der Waals surface area contributed by atoms with E-state index in [0.29, 0.717) is 25.9 Å². The van der Waals surface area contributed by atoms with Crippen LogP contribution >= 0.6 is 11.3 Å². The summed E-state index contributed by atoms with van der Waals surface area (Å²) < 4.78 is 10.1. The van der Waals surface area contributed by atoms with Crippen molar-refractivity contribution in [2.45, 2.75) is 31.8 Å². The molecule has 0 N–H and O–H groups in total. The van der Waals surface area contributed by atoms with E-state index >= 15 is 0 Å². The maximum absolute atomic E-state index is 12.3. The average Bonchev–Trinajstić information content (AvgIpc) is 3.29. The van der Waals surface area contributed by atoms with Gasteiger partial charge in [-0.1, -0.05) is 6.07 Å². The summed E-state index contributed by atoms with van der Waals surface area (Å²) in [5.74, 6) is -0.474. The van der Waals surface area contributed by atoms with Crippen molar-refractivity contribution >= 4 is 35.4 Å². The summed E-state index contributed by atoms with van der Waals surface area (Å²) in [6, 6.07) is 3.09. The Hall–Kier alpha value is -2.35. The first-order chi connectivity index (χ1) is 12.6. The Morgan fingerprint density at radius 2 is 2.15 bits per heavy atom. The number of hydrogen-bond acceptors (Lipinski definition) is 6. The molecule has 3 heterocycles. The number of rotatable bonds is 5. The summed E-state index contributed by atoms with van der Waals surface area (Å²) in [5.41, 5.74) is 0. The van der Waals surface area contributed by atoms with Crippen LogP contribution in [0.15, 0.2) is 23.6 Å². The maximum atomic E-state index is 12.3. The van der Waals surface area contributed by atoms with Gasteiger partial charge in [-0.2, -0.15) is 0 Å². The predicted molar refractivity (Wildman–Crippen MR) is 96.6 cm³/mol. The molecule has 0 bridgehead atoms. The van der Waals surface area contributed by atoms with E-state index in [1.165, 1.54) is 4.90 Å². The number of carbonyl (C=O) groups is 3. The van der Waals surface area contributed by atoms with E-state index in [1.54, 1.807) is 29.2 Å². The average molecular weight is 378 g/mol. The highest BCUT2D eigenvalue weighted by molar-refractivity contribution is 7.10. The lowest BCUT2D eigenvalue weighted by atomic mass is 10.0. The maximum Gasteiger partial charge on any atom is 0.410 e. The standard InChI is InChI=1S/C18H22N2O5S/c1-2-24-17(22)15-12-25-18(23)20(15)13-7-9-19(10-8-13)16(21)6-5-14-4-3-11-26-14/h3-6,11,13,15H,2,7-10,12H2,1H3. The van der Waals surface area contributed by atoms with E-state index < -0.39 is 18.1 Å². The first kappa shape index (κ1) is 18.4. The van der Waals surface area contributed by atoms with Crippen LogP contribution in [0.5, 0.6) is 0 Å². The first-order valence-corrected chi connectivity index (χ1v) is 9.60. The summed E-state index contributed by atoms with van der Waals surface area (Å²) in [6.07, 6.45) is 4.14. The molecule has 2 saturated heterocycles. The molecule has 0 saturated carbocycles. The molecule has 2 aliphatic heterocycles. The van der Waals surface area contributed by atoms with Crippen LogP contribution in [-0.4, -0.2) is 66.2 Å². The van der Waals surface area contributed by atoms with Gasteiger partial charge >= 0.3 is 12.1 Å². The molecule has 2 fully saturated rings. The number of carbonyl (C=O) groups excluding carboxylic acids is 3.